The first-order valence-electron chi connectivity index (χ1n) is 6.18. The quantitative estimate of drug-likeness (QED) is 0.754. The molecule has 0 saturated carbocycles. The molecule has 20 heavy (non-hydrogen) atoms. The van der Waals surface area contributed by atoms with E-state index in [1.54, 1.807) is 12.3 Å². The van der Waals surface area contributed by atoms with Crippen molar-refractivity contribution in [1.29, 1.82) is 0 Å². The summed E-state index contributed by atoms with van der Waals surface area (Å²) in [5, 5.41) is 8.05. The van der Waals surface area contributed by atoms with Crippen LogP contribution in [0.4, 0.5) is 5.82 Å². The van der Waals surface area contributed by atoms with Crippen molar-refractivity contribution in [3.63, 3.8) is 0 Å². The van der Waals surface area contributed by atoms with Gasteiger partial charge in [-0.05, 0) is 31.2 Å². The van der Waals surface area contributed by atoms with E-state index in [0.29, 0.717) is 10.8 Å². The maximum atomic E-state index is 6.06. The number of rotatable bonds is 2. The molecular formula is C15H13ClN4. The number of nitrogens with one attached hydrogen (secondary N) is 1. The maximum Gasteiger partial charge on any atom is 0.123 e. The summed E-state index contributed by atoms with van der Waals surface area (Å²) in [6.07, 6.45) is 1.75. The van der Waals surface area contributed by atoms with E-state index in [4.69, 9.17) is 17.3 Å². The summed E-state index contributed by atoms with van der Waals surface area (Å²) < 4.78 is 0. The predicted octanol–water partition coefficient (Wildman–Crippen LogP) is 3.68. The van der Waals surface area contributed by atoms with Crippen molar-refractivity contribution >= 4 is 17.4 Å². The molecule has 0 fully saturated rings. The summed E-state index contributed by atoms with van der Waals surface area (Å²) >= 11 is 6.06. The van der Waals surface area contributed by atoms with Crippen LogP contribution in [0, 0.1) is 6.92 Å². The lowest BCUT2D eigenvalue weighted by molar-refractivity contribution is 1.05. The summed E-state index contributed by atoms with van der Waals surface area (Å²) in [5.74, 6) is 0.499. The molecule has 0 aliphatic rings. The van der Waals surface area contributed by atoms with Crippen molar-refractivity contribution in [2.24, 2.45) is 0 Å². The Morgan fingerprint density at radius 1 is 1.15 bits per heavy atom. The first kappa shape index (κ1) is 12.7. The van der Waals surface area contributed by atoms with Crippen LogP contribution in [-0.4, -0.2) is 15.2 Å². The first-order chi connectivity index (χ1) is 9.65. The van der Waals surface area contributed by atoms with Gasteiger partial charge in [-0.1, -0.05) is 23.7 Å². The van der Waals surface area contributed by atoms with Crippen LogP contribution in [0.5, 0.6) is 0 Å². The molecule has 0 spiro atoms. The normalized spacial score (nSPS) is 10.7. The summed E-state index contributed by atoms with van der Waals surface area (Å²) in [6.45, 7) is 1.95. The summed E-state index contributed by atoms with van der Waals surface area (Å²) in [4.78, 5) is 4.14. The second-order valence-electron chi connectivity index (χ2n) is 4.54. The molecule has 0 unspecified atom stereocenters. The van der Waals surface area contributed by atoms with Gasteiger partial charge in [0.05, 0.1) is 11.4 Å². The number of hydrogen-bond acceptors (Lipinski definition) is 3. The number of aryl methyl sites for hydroxylation is 1. The van der Waals surface area contributed by atoms with Crippen LogP contribution >= 0.6 is 11.6 Å². The van der Waals surface area contributed by atoms with Gasteiger partial charge >= 0.3 is 0 Å². The smallest absolute Gasteiger partial charge is 0.123 e. The van der Waals surface area contributed by atoms with Gasteiger partial charge in [0.25, 0.3) is 0 Å². The van der Waals surface area contributed by atoms with Crippen molar-refractivity contribution in [1.82, 2.24) is 15.2 Å². The van der Waals surface area contributed by atoms with Gasteiger partial charge in [-0.25, -0.2) is 4.98 Å². The van der Waals surface area contributed by atoms with Gasteiger partial charge in [0, 0.05) is 27.9 Å². The lowest BCUT2D eigenvalue weighted by atomic mass is 10.0. The number of nitrogens with two attached hydrogens (primary N) is 1. The number of H-pyrrole nitrogens is 1. The second-order valence-corrected chi connectivity index (χ2v) is 4.98. The molecule has 3 rings (SSSR count). The second kappa shape index (κ2) is 4.98. The minimum absolute atomic E-state index is 0.499. The molecule has 100 valence electrons. The molecule has 0 atom stereocenters. The third kappa shape index (κ3) is 2.26. The Morgan fingerprint density at radius 3 is 2.70 bits per heavy atom. The highest BCUT2D eigenvalue weighted by molar-refractivity contribution is 6.30. The molecule has 0 radical (unpaired) electrons. The van der Waals surface area contributed by atoms with E-state index in [0.717, 1.165) is 28.1 Å². The average Bonchev–Trinajstić information content (AvgIpc) is 2.82. The number of halogens is 1. The molecule has 0 amide bonds. The van der Waals surface area contributed by atoms with Gasteiger partial charge in [0.2, 0.25) is 0 Å². The van der Waals surface area contributed by atoms with Gasteiger partial charge in [0.15, 0.2) is 0 Å². The van der Waals surface area contributed by atoms with Gasteiger partial charge in [-0.3, -0.25) is 5.10 Å². The molecule has 0 bridgehead atoms. The Bertz CT molecular complexity index is 747. The Labute approximate surface area is 121 Å². The fraction of sp³-hybridized carbons (Fsp3) is 0.0667. The van der Waals surface area contributed by atoms with E-state index in [9.17, 15) is 0 Å². The molecule has 0 saturated heterocycles. The van der Waals surface area contributed by atoms with E-state index in [-0.39, 0.29) is 0 Å². The Kier molecular flexibility index (Phi) is 3.16. The third-order valence-electron chi connectivity index (χ3n) is 3.14. The zero-order chi connectivity index (χ0) is 14.1. The van der Waals surface area contributed by atoms with Crippen LogP contribution in [-0.2, 0) is 0 Å². The molecule has 2 heterocycles. The number of nitrogen functional groups attached to an aromatic ring is 1. The number of aromatic amines is 1. The van der Waals surface area contributed by atoms with Crippen molar-refractivity contribution in [3.05, 3.63) is 53.3 Å². The molecule has 0 aliphatic heterocycles. The van der Waals surface area contributed by atoms with Crippen molar-refractivity contribution in [2.45, 2.75) is 6.92 Å². The van der Waals surface area contributed by atoms with Crippen molar-refractivity contribution in [3.8, 4) is 22.4 Å². The van der Waals surface area contributed by atoms with Gasteiger partial charge < -0.3 is 5.73 Å². The number of anilines is 1. The van der Waals surface area contributed by atoms with E-state index >= 15 is 0 Å². The summed E-state index contributed by atoms with van der Waals surface area (Å²) in [7, 11) is 0. The van der Waals surface area contributed by atoms with Gasteiger partial charge in [-0.2, -0.15) is 5.10 Å². The number of aromatic nitrogens is 3. The van der Waals surface area contributed by atoms with E-state index in [2.05, 4.69) is 15.2 Å². The molecule has 2 aromatic heterocycles. The number of benzene rings is 1. The number of hydrogen-bond donors (Lipinski definition) is 2. The highest BCUT2D eigenvalue weighted by Crippen LogP contribution is 2.33. The molecule has 0 aliphatic carbocycles. The summed E-state index contributed by atoms with van der Waals surface area (Å²) in [5.41, 5.74) is 10.4. The maximum absolute atomic E-state index is 6.06. The van der Waals surface area contributed by atoms with Crippen LogP contribution in [0.1, 0.15) is 5.69 Å². The minimum atomic E-state index is 0.499. The molecule has 3 N–H and O–H groups in total. The molecule has 3 aromatic rings. The Hall–Kier alpha value is -2.33. The lowest BCUT2D eigenvalue weighted by Gasteiger charge is -2.05. The number of nitrogens with zero attached hydrogens (tertiary/aromatic N) is 2. The first-order valence-corrected chi connectivity index (χ1v) is 6.56. The van der Waals surface area contributed by atoms with Crippen LogP contribution in [0.2, 0.25) is 5.02 Å². The molecule has 1 aromatic carbocycles. The SMILES string of the molecule is Cc1n[nH]c(-c2cccc(Cl)c2)c1-c1ccc(N)nc1. The van der Waals surface area contributed by atoms with Crippen molar-refractivity contribution in [2.75, 3.05) is 5.73 Å². The fourth-order valence-corrected chi connectivity index (χ4v) is 2.38. The van der Waals surface area contributed by atoms with Gasteiger partial charge in [0.1, 0.15) is 5.82 Å². The largest absolute Gasteiger partial charge is 0.384 e. The van der Waals surface area contributed by atoms with E-state index in [1.165, 1.54) is 0 Å². The van der Waals surface area contributed by atoms with Crippen LogP contribution in [0.3, 0.4) is 0 Å². The van der Waals surface area contributed by atoms with Crippen LogP contribution in [0.15, 0.2) is 42.6 Å². The zero-order valence-corrected chi connectivity index (χ0v) is 11.6. The van der Waals surface area contributed by atoms with E-state index in [1.807, 2.05) is 37.3 Å². The average molecular weight is 285 g/mol. The molecule has 5 heteroatoms. The van der Waals surface area contributed by atoms with Crippen molar-refractivity contribution < 1.29 is 0 Å². The Balaban J connectivity index is 2.17. The van der Waals surface area contributed by atoms with E-state index < -0.39 is 0 Å². The zero-order valence-electron chi connectivity index (χ0n) is 10.9. The van der Waals surface area contributed by atoms with Crippen LogP contribution < -0.4 is 5.73 Å². The summed E-state index contributed by atoms with van der Waals surface area (Å²) in [6, 6.07) is 11.4. The van der Waals surface area contributed by atoms with Gasteiger partial charge in [-0.15, -0.1) is 0 Å². The minimum Gasteiger partial charge on any atom is -0.384 e. The fourth-order valence-electron chi connectivity index (χ4n) is 2.19. The lowest BCUT2D eigenvalue weighted by Crippen LogP contribution is -1.90. The standard InChI is InChI=1S/C15H13ClN4/c1-9-14(11-5-6-13(17)18-8-11)15(20-19-9)10-3-2-4-12(16)7-10/h2-8H,1H3,(H2,17,18)(H,19,20). The number of pyridine rings is 1. The predicted molar refractivity (Wildman–Crippen MR) is 81.4 cm³/mol. The molecular weight excluding hydrogens is 272 g/mol. The highest BCUT2D eigenvalue weighted by atomic mass is 35.5. The third-order valence-corrected chi connectivity index (χ3v) is 3.37. The Morgan fingerprint density at radius 2 is 2.00 bits per heavy atom. The molecule has 4 nitrogen and oxygen atoms in total. The topological polar surface area (TPSA) is 67.6 Å². The van der Waals surface area contributed by atoms with Crippen LogP contribution in [0.25, 0.3) is 22.4 Å². The highest BCUT2D eigenvalue weighted by Gasteiger charge is 2.14. The monoisotopic (exact) mass is 284 g/mol.